The molecule has 0 fully saturated rings. The Bertz CT molecular complexity index is 1940. The zero-order chi connectivity index (χ0) is 89.7. The molecule has 0 aromatic carbocycles. The van der Waals surface area contributed by atoms with Crippen LogP contribution in [0.25, 0.3) is 15.3 Å². The smallest absolute Gasteiger partial charge is 0.333 e. The summed E-state index contributed by atoms with van der Waals surface area (Å²) in [5, 5.41) is 19.1. The van der Waals surface area contributed by atoms with E-state index in [1.165, 1.54) is 62.1 Å². The van der Waals surface area contributed by atoms with Gasteiger partial charge in [0.1, 0.15) is 28.3 Å². The van der Waals surface area contributed by atoms with Crippen LogP contribution >= 0.6 is 12.6 Å². The largest absolute Gasteiger partial charge is 0.481 e. The van der Waals surface area contributed by atoms with E-state index in [0.717, 1.165) is 164 Å². The second-order valence-electron chi connectivity index (χ2n) is 25.9. The number of hydrogen-bond acceptors (Lipinski definition) is 19. The summed E-state index contributed by atoms with van der Waals surface area (Å²) in [6.45, 7) is 79.0. The molecule has 1 atom stereocenters. The number of carboxylic acids is 1. The number of aliphatic carboxylic acids is 1. The second kappa shape index (κ2) is 136. The first-order chi connectivity index (χ1) is 51.7. The zero-order valence-electron chi connectivity index (χ0n) is 76.7. The molecule has 23 nitrogen and oxygen atoms in total. The van der Waals surface area contributed by atoms with Crippen molar-refractivity contribution in [2.75, 3.05) is 78.2 Å². The lowest BCUT2D eigenvalue weighted by atomic mass is 10.2. The molecule has 1 heterocycles. The van der Waals surface area contributed by atoms with E-state index < -0.39 is 22.4 Å². The number of aliphatic hydroxyl groups is 1. The van der Waals surface area contributed by atoms with Gasteiger partial charge in [-0.3, -0.25) is 24.1 Å². The maximum Gasteiger partial charge on any atom is 0.333 e. The van der Waals surface area contributed by atoms with Crippen molar-refractivity contribution in [3.8, 4) is 0 Å². The van der Waals surface area contributed by atoms with Crippen LogP contribution in [0.1, 0.15) is 313 Å². The Morgan fingerprint density at radius 3 is 1.25 bits per heavy atom. The molecule has 27 heteroatoms. The summed E-state index contributed by atoms with van der Waals surface area (Å²) >= 11 is 3.92. The highest BCUT2D eigenvalue weighted by Gasteiger charge is 2.21. The first-order valence-corrected chi connectivity index (χ1v) is 49.2. The van der Waals surface area contributed by atoms with E-state index in [1.54, 1.807) is 20.8 Å². The summed E-state index contributed by atoms with van der Waals surface area (Å²) in [4.78, 5) is 98.5. The van der Waals surface area contributed by atoms with Gasteiger partial charge in [-0.05, 0) is 162 Å². The number of carbonyl (C=O) groups excluding carboxylic acids is 8. The number of amides is 2. The summed E-state index contributed by atoms with van der Waals surface area (Å²) in [5.41, 5.74) is 13.1. The van der Waals surface area contributed by atoms with Crippen molar-refractivity contribution in [3.05, 3.63) is 58.8 Å². The van der Waals surface area contributed by atoms with Gasteiger partial charge in [0, 0.05) is 115 Å². The van der Waals surface area contributed by atoms with Crippen molar-refractivity contribution in [2.24, 2.45) is 10.8 Å². The number of hydrogen-bond donors (Lipinski definition) is 4. The van der Waals surface area contributed by atoms with Crippen LogP contribution in [0.4, 0.5) is 0 Å². The highest BCUT2D eigenvalue weighted by Crippen LogP contribution is 2.12. The number of carbonyl (C=O) groups is 9. The number of ether oxygens (including phenoxy) is 4. The summed E-state index contributed by atoms with van der Waals surface area (Å²) in [6, 6.07) is 1.50. The molecule has 0 aromatic rings. The van der Waals surface area contributed by atoms with Crippen molar-refractivity contribution in [3.63, 3.8) is 0 Å². The van der Waals surface area contributed by atoms with Gasteiger partial charge in [-0.2, -0.15) is 12.6 Å². The molecule has 0 saturated heterocycles. The van der Waals surface area contributed by atoms with Gasteiger partial charge in [-0.1, -0.05) is 194 Å². The number of Topliss-reactive ketones (excluding diaryl/α,β-unsaturated/α-hetero) is 2. The van der Waals surface area contributed by atoms with Crippen LogP contribution in [-0.4, -0.2) is 180 Å². The fraction of sp³-hybridized carbons (Fsp3) is 0.807. The lowest BCUT2D eigenvalue weighted by Crippen LogP contribution is -2.30. The third kappa shape index (κ3) is 239. The minimum Gasteiger partial charge on any atom is -0.481 e. The molecule has 0 radical (unpaired) electrons. The molecule has 110 heavy (non-hydrogen) atoms. The van der Waals surface area contributed by atoms with Crippen molar-refractivity contribution in [1.82, 2.24) is 4.90 Å². The number of esters is 3. The molecule has 0 spiro atoms. The molecule has 1 aliphatic heterocycles. The molecule has 0 aliphatic carbocycles. The monoisotopic (exact) mass is 1650 g/mol. The maximum absolute atomic E-state index is 10.8. The molecular weight excluding hydrogens is 1470 g/mol. The summed E-state index contributed by atoms with van der Waals surface area (Å²) in [6.07, 6.45) is 28.6. The topological polar surface area (TPSA) is 332 Å². The SMILES string of the molecule is C=C(C)C(=O)OCCC.C=CC(=O)OCCC.CCCC(=O)O.CCCC(C)=O.CCCC(C)OCC.CCCC=O.CCCCC(C)=O.CCCC[Si](C)(C)C.CCCN.CCCN1C(=O)C=CC1=O.CCCN=[N+]=[N-].CCCO.CCCOC(C)=O.CCCO[SiH3].CCCO[Si](C)(C)C.CCCS.[C-]#[N+]CCC. The fourth-order valence-corrected chi connectivity index (χ4v) is 7.80. The standard InChI is InChI=1S/C7H9NO2.C7H12O2.C7H16O.C7H18Si.C6H10O2.C6H16OSi.C6H12O.C5H10O2.C5H10O.C4H7N.C4H8O2.C4H8O.C3H7N3.C3H9N.C3H10OSi.C3H8O.C3H8S/c1-2-5-8-6(9)3-4-7(8)10;1-4-5-9-7(8)6(2)3;1-4-6-7(3)8-5-2;1-5-6-7-8(2,3)4;1-3-5-8-6(7)4-2;1-5-6-7-8(2,3)4;1-3-4-5-6(2)7;1-3-4-7-5(2)6;1-3-4-5(2)6;1-3-4-5-2;1-2-3-4(5)6;1-2-3-4-5;1-2-3-5-6-4;1-2-3-4;1-2-3-4-5;2*1-2-3-4/h3-4H,2,5H2,1H3;2,4-5H2,1,3H3;7H,4-6H2,1-3H3;5-7H2,1-4H3;4H,2-3,5H2,1H3;5-6H2,1-4H3;3-5H2,1-2H3;3-4H2,1-2H3;3-4H2,1-2H3;3-4H2,1H3;2-3H2,1H3,(H,5,6);4H,2-3H2,1H3;2-3H2,1H3;2-4H2,1H3;2-3H2,1,5H3;2*4H,2-3H2,1H3. The van der Waals surface area contributed by atoms with E-state index in [1.807, 2.05) is 76.2 Å². The van der Waals surface area contributed by atoms with Crippen LogP contribution in [-0.2, 0) is 71.0 Å². The average molecular weight is 1650 g/mol. The molecule has 0 aromatic heterocycles. The number of ketones is 2. The third-order valence-corrected chi connectivity index (χ3v) is 14.4. The highest BCUT2D eigenvalue weighted by atomic mass is 32.1. The van der Waals surface area contributed by atoms with E-state index in [2.05, 4.69) is 145 Å². The molecule has 0 saturated carbocycles. The number of nitrogens with zero attached hydrogens (tertiary/aromatic N) is 5. The van der Waals surface area contributed by atoms with Crippen LogP contribution < -0.4 is 5.73 Å². The van der Waals surface area contributed by atoms with E-state index in [0.29, 0.717) is 76.4 Å². The Labute approximate surface area is 688 Å². The van der Waals surface area contributed by atoms with Gasteiger partial charge >= 0.3 is 23.9 Å². The Kier molecular flexibility index (Phi) is 177. The minimum atomic E-state index is -1.18. The highest BCUT2D eigenvalue weighted by molar-refractivity contribution is 7.80. The Morgan fingerprint density at radius 2 is 1.09 bits per heavy atom. The first-order valence-electron chi connectivity index (χ1n) is 40.6. The van der Waals surface area contributed by atoms with Gasteiger partial charge in [-0.25, -0.2) is 16.2 Å². The molecule has 0 bridgehead atoms. The summed E-state index contributed by atoms with van der Waals surface area (Å²) < 4.78 is 29.5. The van der Waals surface area contributed by atoms with Gasteiger partial charge in [-0.15, -0.1) is 0 Å². The normalized spacial score (nSPS) is 9.83. The predicted octanol–water partition coefficient (Wildman–Crippen LogP) is 21.3. The number of unbranched alkanes of at least 4 members (excludes halogenated alkanes) is 3. The van der Waals surface area contributed by atoms with Crippen LogP contribution in [0.3, 0.4) is 0 Å². The van der Waals surface area contributed by atoms with Crippen molar-refractivity contribution >= 4 is 93.1 Å². The van der Waals surface area contributed by atoms with E-state index >= 15 is 0 Å². The van der Waals surface area contributed by atoms with Crippen LogP contribution in [0, 0.1) is 6.57 Å². The molecular formula is C83H178N6O17SSi3. The quantitative estimate of drug-likeness (QED) is 0.00384. The number of nitrogens with two attached hydrogens (primary N) is 1. The van der Waals surface area contributed by atoms with Crippen LogP contribution in [0.15, 0.2) is 42.1 Å². The van der Waals surface area contributed by atoms with E-state index in [4.69, 9.17) is 46.4 Å². The number of imide groups is 1. The van der Waals surface area contributed by atoms with Gasteiger partial charge in [0.2, 0.25) is 6.54 Å². The van der Waals surface area contributed by atoms with Crippen LogP contribution in [0.2, 0.25) is 45.3 Å². The van der Waals surface area contributed by atoms with Crippen molar-refractivity contribution < 1.29 is 81.2 Å². The number of aliphatic hydroxyl groups excluding tert-OH is 1. The predicted molar refractivity (Wildman–Crippen MR) is 482 cm³/mol. The second-order valence-corrected chi connectivity index (χ2v) is 37.0. The Hall–Kier alpha value is -5.15. The Morgan fingerprint density at radius 1 is 0.645 bits per heavy atom. The summed E-state index contributed by atoms with van der Waals surface area (Å²) in [7, 11) is -0.958. The molecule has 4 N–H and O–H groups in total. The molecule has 1 unspecified atom stereocenters. The molecule has 1 rings (SSSR count). The number of rotatable bonds is 37. The van der Waals surface area contributed by atoms with Crippen molar-refractivity contribution in [1.29, 1.82) is 0 Å². The van der Waals surface area contributed by atoms with E-state index in [9.17, 15) is 43.2 Å². The number of azide groups is 1. The van der Waals surface area contributed by atoms with Gasteiger partial charge in [0.05, 0.1) is 25.9 Å². The lowest BCUT2D eigenvalue weighted by molar-refractivity contribution is -0.141. The minimum absolute atomic E-state index is 0.188. The molecule has 660 valence electrons. The number of carboxylic acid groups (broad SMARTS) is 1. The van der Waals surface area contributed by atoms with Crippen molar-refractivity contribution in [2.45, 2.75) is 365 Å². The lowest BCUT2D eigenvalue weighted by Gasteiger charge is -2.15. The third-order valence-electron chi connectivity index (χ3n) is 10.6. The number of aldehydes is 1. The average Bonchev–Trinajstić information content (AvgIpc) is 1.75. The molecule has 1 aliphatic rings. The van der Waals surface area contributed by atoms with Crippen LogP contribution in [0.5, 0.6) is 0 Å². The first kappa shape index (κ1) is 143. The maximum atomic E-state index is 10.8. The van der Waals surface area contributed by atoms with Gasteiger partial charge in [0.15, 0.2) is 8.32 Å². The summed E-state index contributed by atoms with van der Waals surface area (Å²) in [5.74, 6) is -0.305. The van der Waals surface area contributed by atoms with Gasteiger partial charge < -0.3 is 63.0 Å². The van der Waals surface area contributed by atoms with Gasteiger partial charge in [0.25, 0.3) is 11.8 Å². The zero-order valence-corrected chi connectivity index (χ0v) is 81.6. The van der Waals surface area contributed by atoms with E-state index in [-0.39, 0.29) is 35.5 Å². The fourth-order valence-electron chi connectivity index (χ4n) is 5.16. The Balaban J connectivity index is -0.0000000613. The molecule has 2 amide bonds. The number of thiol groups is 1.